The van der Waals surface area contributed by atoms with Gasteiger partial charge >= 0.3 is 0 Å². The number of piperidine rings is 1. The molecule has 0 bridgehead atoms. The van der Waals surface area contributed by atoms with Gasteiger partial charge in [-0.25, -0.2) is 5.43 Å². The number of hydrazone groups is 1. The Morgan fingerprint density at radius 1 is 1.22 bits per heavy atom. The Balaban J connectivity index is 1.73. The molecule has 0 unspecified atom stereocenters. The van der Waals surface area contributed by atoms with Crippen LogP contribution in [0.15, 0.2) is 29.4 Å². The van der Waals surface area contributed by atoms with Crippen LogP contribution in [0.1, 0.15) is 24.8 Å². The molecule has 7 nitrogen and oxygen atoms in total. The number of rotatable bonds is 7. The second-order valence-corrected chi connectivity index (χ2v) is 5.45. The zero-order chi connectivity index (χ0) is 16.5. The molecule has 0 radical (unpaired) electrons. The van der Waals surface area contributed by atoms with Crippen molar-refractivity contribution in [2.75, 3.05) is 26.2 Å². The SMILES string of the molecule is NC(=O)COc1ccc(/C=N\NC(=O)CN2CCCCC2)cc1. The van der Waals surface area contributed by atoms with Gasteiger partial charge in [0.15, 0.2) is 6.61 Å². The zero-order valence-corrected chi connectivity index (χ0v) is 13.0. The average molecular weight is 318 g/mol. The summed E-state index contributed by atoms with van der Waals surface area (Å²) in [7, 11) is 0. The van der Waals surface area contributed by atoms with Crippen LogP contribution in [0.5, 0.6) is 5.75 Å². The molecule has 1 aliphatic rings. The third-order valence-electron chi connectivity index (χ3n) is 3.48. The van der Waals surface area contributed by atoms with E-state index in [0.717, 1.165) is 31.5 Å². The lowest BCUT2D eigenvalue weighted by atomic mass is 10.1. The van der Waals surface area contributed by atoms with Crippen LogP contribution >= 0.6 is 0 Å². The standard InChI is InChI=1S/C16H22N4O3/c17-15(21)12-23-14-6-4-13(5-7-14)10-18-19-16(22)11-20-8-2-1-3-9-20/h4-7,10H,1-3,8-9,11-12H2,(H2,17,21)(H,19,22)/b18-10-. The Kier molecular flexibility index (Phi) is 6.56. The molecule has 1 heterocycles. The minimum absolute atomic E-state index is 0.107. The normalized spacial score (nSPS) is 15.5. The monoisotopic (exact) mass is 318 g/mol. The molecule has 3 N–H and O–H groups in total. The van der Waals surface area contributed by atoms with Crippen molar-refractivity contribution in [1.82, 2.24) is 10.3 Å². The fourth-order valence-electron chi connectivity index (χ4n) is 2.34. The second-order valence-electron chi connectivity index (χ2n) is 5.45. The molecule has 1 aromatic rings. The van der Waals surface area contributed by atoms with Crippen LogP contribution < -0.4 is 15.9 Å². The predicted octanol–water partition coefficient (Wildman–Crippen LogP) is 0.487. The first kappa shape index (κ1) is 17.0. The molecule has 23 heavy (non-hydrogen) atoms. The Bertz CT molecular complexity index is 551. The van der Waals surface area contributed by atoms with E-state index >= 15 is 0 Å². The zero-order valence-electron chi connectivity index (χ0n) is 13.0. The minimum atomic E-state index is -0.521. The Hall–Kier alpha value is -2.41. The fourth-order valence-corrected chi connectivity index (χ4v) is 2.34. The molecule has 2 rings (SSSR count). The van der Waals surface area contributed by atoms with E-state index in [9.17, 15) is 9.59 Å². The number of hydrogen-bond acceptors (Lipinski definition) is 5. The van der Waals surface area contributed by atoms with E-state index in [1.54, 1.807) is 30.5 Å². The van der Waals surface area contributed by atoms with Crippen LogP contribution in [0.4, 0.5) is 0 Å². The summed E-state index contributed by atoms with van der Waals surface area (Å²) in [5.41, 5.74) is 8.35. The van der Waals surface area contributed by atoms with Gasteiger partial charge in [0, 0.05) is 0 Å². The maximum Gasteiger partial charge on any atom is 0.255 e. The van der Waals surface area contributed by atoms with E-state index in [1.807, 2.05) is 0 Å². The van der Waals surface area contributed by atoms with E-state index in [0.29, 0.717) is 12.3 Å². The maximum absolute atomic E-state index is 11.8. The second kappa shape index (κ2) is 8.89. The molecule has 7 heteroatoms. The molecule has 0 saturated carbocycles. The molecule has 1 saturated heterocycles. The highest BCUT2D eigenvalue weighted by molar-refractivity contribution is 5.83. The van der Waals surface area contributed by atoms with Gasteiger partial charge in [-0.1, -0.05) is 6.42 Å². The van der Waals surface area contributed by atoms with Gasteiger partial charge in [-0.05, 0) is 55.8 Å². The van der Waals surface area contributed by atoms with Crippen LogP contribution in [0.2, 0.25) is 0 Å². The Morgan fingerprint density at radius 3 is 2.57 bits per heavy atom. The minimum Gasteiger partial charge on any atom is -0.484 e. The van der Waals surface area contributed by atoms with Crippen molar-refractivity contribution < 1.29 is 14.3 Å². The highest BCUT2D eigenvalue weighted by Crippen LogP contribution is 2.10. The number of amides is 2. The van der Waals surface area contributed by atoms with E-state index in [2.05, 4.69) is 15.4 Å². The summed E-state index contributed by atoms with van der Waals surface area (Å²) in [6, 6.07) is 6.97. The van der Waals surface area contributed by atoms with Gasteiger partial charge in [-0.3, -0.25) is 14.5 Å². The highest BCUT2D eigenvalue weighted by Gasteiger charge is 2.12. The topological polar surface area (TPSA) is 97.0 Å². The van der Waals surface area contributed by atoms with Gasteiger partial charge in [0.05, 0.1) is 12.8 Å². The van der Waals surface area contributed by atoms with Crippen molar-refractivity contribution in [1.29, 1.82) is 0 Å². The summed E-state index contributed by atoms with van der Waals surface area (Å²) in [6.07, 6.45) is 5.11. The van der Waals surface area contributed by atoms with Crippen molar-refractivity contribution in [2.24, 2.45) is 10.8 Å². The smallest absolute Gasteiger partial charge is 0.255 e. The summed E-state index contributed by atoms with van der Waals surface area (Å²) in [5.74, 6) is -0.0771. The van der Waals surface area contributed by atoms with E-state index < -0.39 is 5.91 Å². The van der Waals surface area contributed by atoms with Gasteiger partial charge in [-0.15, -0.1) is 0 Å². The number of likely N-dealkylation sites (tertiary alicyclic amines) is 1. The number of carbonyl (C=O) groups is 2. The van der Waals surface area contributed by atoms with Crippen LogP contribution in [0.25, 0.3) is 0 Å². The number of nitrogens with zero attached hydrogens (tertiary/aromatic N) is 2. The maximum atomic E-state index is 11.8. The number of nitrogens with one attached hydrogen (secondary N) is 1. The van der Waals surface area contributed by atoms with E-state index in [-0.39, 0.29) is 12.5 Å². The lowest BCUT2D eigenvalue weighted by molar-refractivity contribution is -0.122. The average Bonchev–Trinajstić information content (AvgIpc) is 2.55. The molecule has 0 aliphatic carbocycles. The van der Waals surface area contributed by atoms with Crippen molar-refractivity contribution >= 4 is 18.0 Å². The molecule has 124 valence electrons. The first-order valence-corrected chi connectivity index (χ1v) is 7.69. The van der Waals surface area contributed by atoms with E-state index in [1.165, 1.54) is 6.42 Å². The number of primary amides is 1. The van der Waals surface area contributed by atoms with Gasteiger partial charge < -0.3 is 10.5 Å². The van der Waals surface area contributed by atoms with Gasteiger partial charge in [0.1, 0.15) is 5.75 Å². The van der Waals surface area contributed by atoms with Crippen LogP contribution in [-0.4, -0.2) is 49.2 Å². The molecule has 1 aromatic carbocycles. The highest BCUT2D eigenvalue weighted by atomic mass is 16.5. The van der Waals surface area contributed by atoms with Crippen LogP contribution in [-0.2, 0) is 9.59 Å². The summed E-state index contributed by atoms with van der Waals surface area (Å²) in [4.78, 5) is 24.5. The third kappa shape index (κ3) is 6.48. The number of carbonyl (C=O) groups excluding carboxylic acids is 2. The third-order valence-corrected chi connectivity index (χ3v) is 3.48. The summed E-state index contributed by atoms with van der Waals surface area (Å²) in [6.45, 7) is 2.19. The molecular formula is C16H22N4O3. The number of hydrogen-bond donors (Lipinski definition) is 2. The molecule has 0 aromatic heterocycles. The van der Waals surface area contributed by atoms with Crippen LogP contribution in [0, 0.1) is 0 Å². The van der Waals surface area contributed by atoms with Crippen molar-refractivity contribution in [3.8, 4) is 5.75 Å². The van der Waals surface area contributed by atoms with Crippen molar-refractivity contribution in [2.45, 2.75) is 19.3 Å². The first-order valence-electron chi connectivity index (χ1n) is 7.69. The van der Waals surface area contributed by atoms with Gasteiger partial charge in [0.2, 0.25) is 0 Å². The largest absolute Gasteiger partial charge is 0.484 e. The molecule has 1 fully saturated rings. The summed E-state index contributed by atoms with van der Waals surface area (Å²) >= 11 is 0. The molecule has 1 aliphatic heterocycles. The Labute approximate surface area is 135 Å². The number of benzene rings is 1. The van der Waals surface area contributed by atoms with Crippen LogP contribution in [0.3, 0.4) is 0 Å². The van der Waals surface area contributed by atoms with E-state index in [4.69, 9.17) is 10.5 Å². The van der Waals surface area contributed by atoms with Gasteiger partial charge in [-0.2, -0.15) is 5.10 Å². The Morgan fingerprint density at radius 2 is 1.91 bits per heavy atom. The number of ether oxygens (including phenoxy) is 1. The quantitative estimate of drug-likeness (QED) is 0.565. The molecule has 0 spiro atoms. The lowest BCUT2D eigenvalue weighted by Gasteiger charge is -2.25. The first-order chi connectivity index (χ1) is 11.1. The molecule has 0 atom stereocenters. The summed E-state index contributed by atoms with van der Waals surface area (Å²) < 4.78 is 5.16. The van der Waals surface area contributed by atoms with Crippen molar-refractivity contribution in [3.05, 3.63) is 29.8 Å². The number of nitrogens with two attached hydrogens (primary N) is 1. The summed E-state index contributed by atoms with van der Waals surface area (Å²) in [5, 5.41) is 3.94. The predicted molar refractivity (Wildman–Crippen MR) is 87.2 cm³/mol. The molecular weight excluding hydrogens is 296 g/mol. The fraction of sp³-hybridized carbons (Fsp3) is 0.438. The molecule has 2 amide bonds. The lowest BCUT2D eigenvalue weighted by Crippen LogP contribution is -2.38. The van der Waals surface area contributed by atoms with Crippen molar-refractivity contribution in [3.63, 3.8) is 0 Å². The van der Waals surface area contributed by atoms with Gasteiger partial charge in [0.25, 0.3) is 11.8 Å².